The molecule has 0 bridgehead atoms. The van der Waals surface area contributed by atoms with Gasteiger partial charge in [-0.15, -0.1) is 0 Å². The summed E-state index contributed by atoms with van der Waals surface area (Å²) in [4.78, 5) is 13.0. The molecule has 1 N–H and O–H groups in total. The summed E-state index contributed by atoms with van der Waals surface area (Å²) in [6.45, 7) is 7.22. The van der Waals surface area contributed by atoms with Crippen LogP contribution in [0.2, 0.25) is 0 Å². The fourth-order valence-electron chi connectivity index (χ4n) is 1.16. The number of rotatable bonds is 6. The molecule has 0 aliphatic carbocycles. The Bertz CT molecular complexity index is 172. The number of hydrogen-bond acceptors (Lipinski definition) is 3. The van der Waals surface area contributed by atoms with Gasteiger partial charge in [0.1, 0.15) is 0 Å². The van der Waals surface area contributed by atoms with E-state index in [1.165, 1.54) is 0 Å². The van der Waals surface area contributed by atoms with Crippen LogP contribution in [0.4, 0.5) is 0 Å². The summed E-state index contributed by atoms with van der Waals surface area (Å²) < 4.78 is 5.35. The Balaban J connectivity index is 3.73. The van der Waals surface area contributed by atoms with Crippen LogP contribution in [0.5, 0.6) is 0 Å². The number of carbonyl (C=O) groups is 1. The van der Waals surface area contributed by atoms with Crippen LogP contribution in [0.25, 0.3) is 0 Å². The van der Waals surface area contributed by atoms with E-state index in [4.69, 9.17) is 4.74 Å². The molecule has 0 aromatic rings. The fourth-order valence-corrected chi connectivity index (χ4v) is 1.16. The minimum atomic E-state index is -0.145. The van der Waals surface area contributed by atoms with Crippen LogP contribution in [-0.2, 0) is 9.53 Å². The van der Waals surface area contributed by atoms with Gasteiger partial charge in [-0.3, -0.25) is 4.79 Å². The molecule has 4 nitrogen and oxygen atoms in total. The summed E-state index contributed by atoms with van der Waals surface area (Å²) >= 11 is 0. The van der Waals surface area contributed by atoms with Crippen LogP contribution < -0.4 is 5.32 Å². The van der Waals surface area contributed by atoms with Crippen LogP contribution in [0, 0.1) is 0 Å². The normalized spacial score (nSPS) is 14.9. The van der Waals surface area contributed by atoms with Crippen LogP contribution in [0.1, 0.15) is 20.8 Å². The number of ether oxygens (including phenoxy) is 1. The third-order valence-corrected chi connectivity index (χ3v) is 1.97. The second-order valence-electron chi connectivity index (χ2n) is 3.63. The van der Waals surface area contributed by atoms with E-state index in [-0.39, 0.29) is 18.1 Å². The molecular weight excluding hydrogens is 180 g/mol. The quantitative estimate of drug-likeness (QED) is 0.681. The molecule has 0 aromatic carbocycles. The van der Waals surface area contributed by atoms with E-state index in [2.05, 4.69) is 5.32 Å². The third-order valence-electron chi connectivity index (χ3n) is 1.97. The van der Waals surface area contributed by atoms with Gasteiger partial charge in [-0.05, 0) is 20.8 Å². The van der Waals surface area contributed by atoms with E-state index in [1.807, 2.05) is 20.8 Å². The maximum atomic E-state index is 11.4. The van der Waals surface area contributed by atoms with Crippen LogP contribution in [0.15, 0.2) is 0 Å². The maximum Gasteiger partial charge on any atom is 0.238 e. The summed E-state index contributed by atoms with van der Waals surface area (Å²) in [7, 11) is 3.51. The highest BCUT2D eigenvalue weighted by molar-refractivity contribution is 5.80. The Labute approximate surface area is 86.6 Å². The van der Waals surface area contributed by atoms with Crippen molar-refractivity contribution in [3.8, 4) is 0 Å². The van der Waals surface area contributed by atoms with Crippen molar-refractivity contribution >= 4 is 5.91 Å². The van der Waals surface area contributed by atoms with Crippen molar-refractivity contribution < 1.29 is 9.53 Å². The van der Waals surface area contributed by atoms with Gasteiger partial charge in [0.25, 0.3) is 0 Å². The molecule has 0 saturated carbocycles. The van der Waals surface area contributed by atoms with Crippen LogP contribution >= 0.6 is 0 Å². The minimum absolute atomic E-state index is 0.0914. The molecule has 0 aliphatic rings. The van der Waals surface area contributed by atoms with E-state index in [1.54, 1.807) is 19.0 Å². The molecular formula is C10H22N2O2. The van der Waals surface area contributed by atoms with Gasteiger partial charge in [0.05, 0.1) is 12.1 Å². The molecule has 0 heterocycles. The molecule has 4 heteroatoms. The zero-order chi connectivity index (χ0) is 11.1. The molecule has 0 aromatic heterocycles. The predicted molar refractivity (Wildman–Crippen MR) is 57.2 cm³/mol. The second-order valence-corrected chi connectivity index (χ2v) is 3.63. The lowest BCUT2D eigenvalue weighted by molar-refractivity contribution is -0.130. The summed E-state index contributed by atoms with van der Waals surface area (Å²) in [5.74, 6) is 0.0914. The van der Waals surface area contributed by atoms with Gasteiger partial charge >= 0.3 is 0 Å². The smallest absolute Gasteiger partial charge is 0.238 e. The predicted octanol–water partition coefficient (Wildman–Crippen LogP) is 0.478. The SMILES string of the molecule is CCOC(C)CNC(C)C(=O)N(C)C. The molecule has 1 amide bonds. The molecule has 0 spiro atoms. The molecule has 84 valence electrons. The minimum Gasteiger partial charge on any atom is -0.377 e. The van der Waals surface area contributed by atoms with Crippen molar-refractivity contribution in [3.63, 3.8) is 0 Å². The third kappa shape index (κ3) is 5.19. The van der Waals surface area contributed by atoms with Gasteiger partial charge in [0, 0.05) is 27.2 Å². The molecule has 0 fully saturated rings. The molecule has 0 saturated heterocycles. The van der Waals surface area contributed by atoms with Gasteiger partial charge in [-0.2, -0.15) is 0 Å². The first-order valence-electron chi connectivity index (χ1n) is 5.05. The van der Waals surface area contributed by atoms with Crippen molar-refractivity contribution in [2.75, 3.05) is 27.2 Å². The topological polar surface area (TPSA) is 41.6 Å². The lowest BCUT2D eigenvalue weighted by Gasteiger charge is -2.20. The molecule has 14 heavy (non-hydrogen) atoms. The highest BCUT2D eigenvalue weighted by Crippen LogP contribution is 1.92. The van der Waals surface area contributed by atoms with E-state index in [0.717, 1.165) is 0 Å². The first-order chi connectivity index (χ1) is 6.49. The second kappa shape index (κ2) is 6.79. The maximum absolute atomic E-state index is 11.4. The first-order valence-corrected chi connectivity index (χ1v) is 5.05. The summed E-state index contributed by atoms with van der Waals surface area (Å²) in [6.07, 6.45) is 0.150. The summed E-state index contributed by atoms with van der Waals surface area (Å²) in [6, 6.07) is -0.145. The zero-order valence-electron chi connectivity index (χ0n) is 9.83. The largest absolute Gasteiger partial charge is 0.377 e. The van der Waals surface area contributed by atoms with E-state index in [9.17, 15) is 4.79 Å². The lowest BCUT2D eigenvalue weighted by atomic mass is 10.3. The number of hydrogen-bond donors (Lipinski definition) is 1. The Kier molecular flexibility index (Phi) is 6.49. The van der Waals surface area contributed by atoms with E-state index < -0.39 is 0 Å². The van der Waals surface area contributed by atoms with Gasteiger partial charge in [0.2, 0.25) is 5.91 Å². The van der Waals surface area contributed by atoms with Crippen molar-refractivity contribution in [1.82, 2.24) is 10.2 Å². The molecule has 0 aliphatic heterocycles. The van der Waals surface area contributed by atoms with Gasteiger partial charge in [0.15, 0.2) is 0 Å². The summed E-state index contributed by atoms with van der Waals surface area (Å²) in [5, 5.41) is 3.13. The molecule has 2 atom stereocenters. The highest BCUT2D eigenvalue weighted by Gasteiger charge is 2.14. The van der Waals surface area contributed by atoms with E-state index in [0.29, 0.717) is 13.2 Å². The van der Waals surface area contributed by atoms with Gasteiger partial charge in [-0.25, -0.2) is 0 Å². The monoisotopic (exact) mass is 202 g/mol. The molecule has 2 unspecified atom stereocenters. The number of nitrogens with zero attached hydrogens (tertiary/aromatic N) is 1. The summed E-state index contributed by atoms with van der Waals surface area (Å²) in [5.41, 5.74) is 0. The molecule has 0 radical (unpaired) electrons. The number of carbonyl (C=O) groups excluding carboxylic acids is 1. The van der Waals surface area contributed by atoms with Gasteiger partial charge in [-0.1, -0.05) is 0 Å². The Hall–Kier alpha value is -0.610. The van der Waals surface area contributed by atoms with Crippen molar-refractivity contribution in [3.05, 3.63) is 0 Å². The van der Waals surface area contributed by atoms with Crippen molar-refractivity contribution in [2.45, 2.75) is 32.9 Å². The van der Waals surface area contributed by atoms with Gasteiger partial charge < -0.3 is 15.0 Å². The van der Waals surface area contributed by atoms with Crippen LogP contribution in [0.3, 0.4) is 0 Å². The number of amides is 1. The van der Waals surface area contributed by atoms with E-state index >= 15 is 0 Å². The Morgan fingerprint density at radius 1 is 1.43 bits per heavy atom. The fraction of sp³-hybridized carbons (Fsp3) is 0.900. The Morgan fingerprint density at radius 3 is 2.43 bits per heavy atom. The average molecular weight is 202 g/mol. The number of nitrogens with one attached hydrogen (secondary N) is 1. The van der Waals surface area contributed by atoms with Crippen molar-refractivity contribution in [2.24, 2.45) is 0 Å². The van der Waals surface area contributed by atoms with Crippen LogP contribution in [-0.4, -0.2) is 50.2 Å². The molecule has 0 rings (SSSR count). The number of likely N-dealkylation sites (N-methyl/N-ethyl adjacent to an activating group) is 1. The highest BCUT2D eigenvalue weighted by atomic mass is 16.5. The zero-order valence-corrected chi connectivity index (χ0v) is 9.83. The van der Waals surface area contributed by atoms with Crippen molar-refractivity contribution in [1.29, 1.82) is 0 Å². The first kappa shape index (κ1) is 13.4. The average Bonchev–Trinajstić information content (AvgIpc) is 2.13. The Morgan fingerprint density at radius 2 is 2.00 bits per heavy atom. The lowest BCUT2D eigenvalue weighted by Crippen LogP contribution is -2.44. The standard InChI is InChI=1S/C10H22N2O2/c1-6-14-8(2)7-11-9(3)10(13)12(4)5/h8-9,11H,6-7H2,1-5H3.